The monoisotopic (exact) mass is 313 g/mol. The highest BCUT2D eigenvalue weighted by atomic mass is 79.9. The van der Waals surface area contributed by atoms with Crippen molar-refractivity contribution in [1.82, 2.24) is 4.98 Å². The van der Waals surface area contributed by atoms with Crippen LogP contribution in [-0.4, -0.2) is 25.2 Å². The molecule has 1 aromatic heterocycles. The summed E-state index contributed by atoms with van der Waals surface area (Å²) in [4.78, 5) is 15.6. The van der Waals surface area contributed by atoms with Gasteiger partial charge in [0, 0.05) is 22.1 Å². The Bertz CT molecular complexity index is 630. The first-order chi connectivity index (χ1) is 8.58. The lowest BCUT2D eigenvalue weighted by Crippen LogP contribution is -2.04. The Morgan fingerprint density at radius 1 is 1.39 bits per heavy atom. The van der Waals surface area contributed by atoms with Crippen molar-refractivity contribution in [1.29, 1.82) is 0 Å². The average molecular weight is 314 g/mol. The number of hydrogen-bond donors (Lipinski definition) is 0. The van der Waals surface area contributed by atoms with Gasteiger partial charge in [0.25, 0.3) is 0 Å². The zero-order chi connectivity index (χ0) is 13.3. The fraction of sp³-hybridized carbons (Fsp3) is 0.167. The van der Waals surface area contributed by atoms with Gasteiger partial charge < -0.3 is 9.47 Å². The molecule has 0 saturated carbocycles. The minimum Gasteiger partial charge on any atom is -0.494 e. The highest BCUT2D eigenvalue weighted by Crippen LogP contribution is 2.32. The Balaban J connectivity index is 2.78. The Morgan fingerprint density at radius 2 is 2.11 bits per heavy atom. The standard InChI is InChI=1S/C12H9BrFNO3/c1-17-9-4-6(14)3-7-10(13)8(12(16)18-2)5-15-11(7)9/h3-5H,1-2H3. The number of carbonyl (C=O) groups excluding carboxylic acids is 1. The highest BCUT2D eigenvalue weighted by molar-refractivity contribution is 9.10. The molecule has 4 nitrogen and oxygen atoms in total. The zero-order valence-electron chi connectivity index (χ0n) is 9.66. The Labute approximate surface area is 111 Å². The number of esters is 1. The normalized spacial score (nSPS) is 10.4. The summed E-state index contributed by atoms with van der Waals surface area (Å²) < 4.78 is 23.5. The SMILES string of the molecule is COC(=O)c1cnc2c(OC)cc(F)cc2c1Br. The van der Waals surface area contributed by atoms with Crippen LogP contribution in [0.25, 0.3) is 10.9 Å². The summed E-state index contributed by atoms with van der Waals surface area (Å²) in [5.74, 6) is -0.703. The molecule has 0 unspecified atom stereocenters. The summed E-state index contributed by atoms with van der Waals surface area (Å²) in [6.45, 7) is 0. The number of pyridine rings is 1. The molecule has 94 valence electrons. The minimum atomic E-state index is -0.542. The number of carbonyl (C=O) groups is 1. The number of hydrogen-bond acceptors (Lipinski definition) is 4. The van der Waals surface area contributed by atoms with E-state index in [0.717, 1.165) is 0 Å². The van der Waals surface area contributed by atoms with E-state index in [-0.39, 0.29) is 5.56 Å². The topological polar surface area (TPSA) is 48.4 Å². The van der Waals surface area contributed by atoms with E-state index >= 15 is 0 Å². The lowest BCUT2D eigenvalue weighted by Gasteiger charge is -2.09. The number of nitrogens with zero attached hydrogens (tertiary/aromatic N) is 1. The maximum absolute atomic E-state index is 13.4. The van der Waals surface area contributed by atoms with Gasteiger partial charge in [-0.3, -0.25) is 4.98 Å². The van der Waals surface area contributed by atoms with Crippen LogP contribution in [0.15, 0.2) is 22.8 Å². The van der Waals surface area contributed by atoms with Crippen molar-refractivity contribution < 1.29 is 18.7 Å². The summed E-state index contributed by atoms with van der Waals surface area (Å²) in [6.07, 6.45) is 1.36. The predicted octanol–water partition coefficient (Wildman–Crippen LogP) is 2.93. The maximum atomic E-state index is 13.4. The third-order valence-electron chi connectivity index (χ3n) is 2.46. The number of aromatic nitrogens is 1. The van der Waals surface area contributed by atoms with E-state index in [9.17, 15) is 9.18 Å². The molecule has 6 heteroatoms. The molecule has 0 aliphatic rings. The Morgan fingerprint density at radius 3 is 2.72 bits per heavy atom. The van der Waals surface area contributed by atoms with E-state index in [2.05, 4.69) is 25.7 Å². The molecule has 1 heterocycles. The van der Waals surface area contributed by atoms with Crippen LogP contribution in [0, 0.1) is 5.82 Å². The first-order valence-electron chi connectivity index (χ1n) is 4.98. The molecule has 0 fully saturated rings. The summed E-state index contributed by atoms with van der Waals surface area (Å²) in [6, 6.07) is 2.51. The fourth-order valence-electron chi connectivity index (χ4n) is 1.61. The van der Waals surface area contributed by atoms with Crippen molar-refractivity contribution in [2.75, 3.05) is 14.2 Å². The number of methoxy groups -OCH3 is 2. The summed E-state index contributed by atoms with van der Waals surface area (Å²) in [5.41, 5.74) is 0.705. The van der Waals surface area contributed by atoms with Crippen molar-refractivity contribution in [2.24, 2.45) is 0 Å². The largest absolute Gasteiger partial charge is 0.494 e. The van der Waals surface area contributed by atoms with Crippen molar-refractivity contribution in [3.05, 3.63) is 34.2 Å². The van der Waals surface area contributed by atoms with Crippen molar-refractivity contribution in [3.63, 3.8) is 0 Å². The van der Waals surface area contributed by atoms with E-state index in [1.165, 1.54) is 32.5 Å². The molecule has 2 aromatic rings. The molecular weight excluding hydrogens is 305 g/mol. The number of halogens is 2. The van der Waals surface area contributed by atoms with Gasteiger partial charge in [-0.2, -0.15) is 0 Å². The van der Waals surface area contributed by atoms with Gasteiger partial charge in [0.1, 0.15) is 17.1 Å². The molecule has 1 aromatic carbocycles. The molecule has 0 aliphatic carbocycles. The highest BCUT2D eigenvalue weighted by Gasteiger charge is 2.16. The quantitative estimate of drug-likeness (QED) is 0.800. The zero-order valence-corrected chi connectivity index (χ0v) is 11.2. The van der Waals surface area contributed by atoms with E-state index < -0.39 is 11.8 Å². The molecule has 0 amide bonds. The van der Waals surface area contributed by atoms with Crippen molar-refractivity contribution in [2.45, 2.75) is 0 Å². The van der Waals surface area contributed by atoms with Crippen molar-refractivity contribution >= 4 is 32.8 Å². The number of rotatable bonds is 2. The van der Waals surface area contributed by atoms with Crippen LogP contribution in [0.4, 0.5) is 4.39 Å². The van der Waals surface area contributed by atoms with E-state index in [0.29, 0.717) is 21.1 Å². The second-order valence-corrected chi connectivity index (χ2v) is 4.27. The third kappa shape index (κ3) is 2.03. The van der Waals surface area contributed by atoms with Gasteiger partial charge in [-0.1, -0.05) is 0 Å². The van der Waals surface area contributed by atoms with Gasteiger partial charge in [-0.05, 0) is 22.0 Å². The molecule has 0 aliphatic heterocycles. The van der Waals surface area contributed by atoms with Gasteiger partial charge >= 0.3 is 5.97 Å². The lowest BCUT2D eigenvalue weighted by molar-refractivity contribution is 0.0599. The second kappa shape index (κ2) is 4.89. The molecule has 0 N–H and O–H groups in total. The average Bonchev–Trinajstić information content (AvgIpc) is 2.38. The maximum Gasteiger partial charge on any atom is 0.340 e. The van der Waals surface area contributed by atoms with E-state index in [4.69, 9.17) is 4.74 Å². The molecule has 0 spiro atoms. The van der Waals surface area contributed by atoms with E-state index in [1.807, 2.05) is 0 Å². The Kier molecular flexibility index (Phi) is 3.47. The van der Waals surface area contributed by atoms with Crippen molar-refractivity contribution in [3.8, 4) is 5.75 Å². The molecule has 0 atom stereocenters. The number of fused-ring (bicyclic) bond motifs is 1. The van der Waals surface area contributed by atoms with Gasteiger partial charge in [0.15, 0.2) is 0 Å². The van der Waals surface area contributed by atoms with Gasteiger partial charge in [-0.15, -0.1) is 0 Å². The van der Waals surface area contributed by atoms with Crippen LogP contribution in [0.2, 0.25) is 0 Å². The summed E-state index contributed by atoms with van der Waals surface area (Å²) in [5, 5.41) is 0.453. The molecule has 18 heavy (non-hydrogen) atoms. The first-order valence-corrected chi connectivity index (χ1v) is 5.78. The van der Waals surface area contributed by atoms with Crippen LogP contribution in [-0.2, 0) is 4.74 Å². The fourth-order valence-corrected chi connectivity index (χ4v) is 2.18. The van der Waals surface area contributed by atoms with Crippen LogP contribution in [0.3, 0.4) is 0 Å². The predicted molar refractivity (Wildman–Crippen MR) is 67.3 cm³/mol. The van der Waals surface area contributed by atoms with Gasteiger partial charge in [0.05, 0.1) is 19.8 Å². The number of benzene rings is 1. The second-order valence-electron chi connectivity index (χ2n) is 3.48. The molecule has 0 bridgehead atoms. The summed E-state index contributed by atoms with van der Waals surface area (Å²) >= 11 is 3.26. The minimum absolute atomic E-state index is 0.234. The number of ether oxygens (including phenoxy) is 2. The Hall–Kier alpha value is -1.69. The van der Waals surface area contributed by atoms with Crippen LogP contribution in [0.5, 0.6) is 5.75 Å². The molecule has 0 saturated heterocycles. The van der Waals surface area contributed by atoms with Gasteiger partial charge in [0.2, 0.25) is 0 Å². The van der Waals surface area contributed by atoms with Gasteiger partial charge in [-0.25, -0.2) is 9.18 Å². The van der Waals surface area contributed by atoms with Crippen LogP contribution in [0.1, 0.15) is 10.4 Å². The van der Waals surface area contributed by atoms with Crippen LogP contribution < -0.4 is 4.74 Å². The molecule has 2 rings (SSSR count). The van der Waals surface area contributed by atoms with E-state index in [1.54, 1.807) is 0 Å². The smallest absolute Gasteiger partial charge is 0.340 e. The molecule has 0 radical (unpaired) electrons. The molecular formula is C12H9BrFNO3. The lowest BCUT2D eigenvalue weighted by atomic mass is 10.1. The summed E-state index contributed by atoms with van der Waals surface area (Å²) in [7, 11) is 2.70. The third-order valence-corrected chi connectivity index (χ3v) is 3.31. The first kappa shape index (κ1) is 12.8. The van der Waals surface area contributed by atoms with Crippen LogP contribution >= 0.6 is 15.9 Å².